The molecule has 0 bridgehead atoms. The minimum Gasteiger partial charge on any atom is -0.507 e. The number of hydrogen-bond acceptors (Lipinski definition) is 6. The zero-order valence-electron chi connectivity index (χ0n) is 8.03. The molecule has 1 heterocycles. The van der Waals surface area contributed by atoms with Crippen LogP contribution in [0.5, 0.6) is 23.3 Å². The third-order valence-electron chi connectivity index (χ3n) is 1.82. The van der Waals surface area contributed by atoms with Crippen LogP contribution in [0.2, 0.25) is 0 Å². The Morgan fingerprint density at radius 3 is 2.38 bits per heavy atom. The van der Waals surface area contributed by atoms with E-state index in [2.05, 4.69) is 22.6 Å². The number of phenols is 2. The van der Waals surface area contributed by atoms with Gasteiger partial charge in [-0.05, 0) is 18.2 Å². The van der Waals surface area contributed by atoms with E-state index in [1.54, 1.807) is 6.07 Å². The lowest BCUT2D eigenvalue weighted by Crippen LogP contribution is -1.91. The summed E-state index contributed by atoms with van der Waals surface area (Å²) in [5, 5.41) is 18.9. The van der Waals surface area contributed by atoms with Gasteiger partial charge in [-0.2, -0.15) is 0 Å². The number of aromatic nitrogens is 2. The van der Waals surface area contributed by atoms with Crippen LogP contribution < -0.4 is 4.74 Å². The molecular weight excluding hydrogens is 228 g/mol. The highest BCUT2D eigenvalue weighted by atomic mass is 32.1. The molecule has 6 heteroatoms. The van der Waals surface area contributed by atoms with E-state index in [1.165, 1.54) is 24.5 Å². The van der Waals surface area contributed by atoms with Crippen molar-refractivity contribution in [3.63, 3.8) is 0 Å². The molecule has 0 radical (unpaired) electrons. The molecule has 0 atom stereocenters. The monoisotopic (exact) mass is 236 g/mol. The zero-order chi connectivity index (χ0) is 11.5. The first-order valence-corrected chi connectivity index (χ1v) is 4.82. The highest BCUT2D eigenvalue weighted by Gasteiger charge is 2.13. The van der Waals surface area contributed by atoms with Gasteiger partial charge >= 0.3 is 6.01 Å². The summed E-state index contributed by atoms with van der Waals surface area (Å²) in [5.74, 6) is -0.211. The van der Waals surface area contributed by atoms with Gasteiger partial charge in [-0.3, -0.25) is 0 Å². The summed E-state index contributed by atoms with van der Waals surface area (Å²) in [6.07, 6.45) is 3.00. The standard InChI is InChI=1S/C10H8N2O3S/c13-6-2-3-7(14)9(16)8(6)15-10-11-4-1-5-12-10/h1-5,13-14,16H. The van der Waals surface area contributed by atoms with Crippen molar-refractivity contribution in [3.05, 3.63) is 30.6 Å². The van der Waals surface area contributed by atoms with E-state index in [0.717, 1.165) is 0 Å². The Morgan fingerprint density at radius 2 is 1.69 bits per heavy atom. The summed E-state index contributed by atoms with van der Waals surface area (Å²) in [5.41, 5.74) is 0. The third kappa shape index (κ3) is 2.01. The lowest BCUT2D eigenvalue weighted by Gasteiger charge is -2.08. The maximum atomic E-state index is 9.54. The molecule has 0 aliphatic rings. The Hall–Kier alpha value is -1.95. The second-order valence-corrected chi connectivity index (χ2v) is 3.36. The van der Waals surface area contributed by atoms with Crippen molar-refractivity contribution in [3.8, 4) is 23.3 Å². The van der Waals surface area contributed by atoms with Gasteiger partial charge in [0, 0.05) is 12.4 Å². The van der Waals surface area contributed by atoms with Crippen LogP contribution in [-0.4, -0.2) is 20.2 Å². The van der Waals surface area contributed by atoms with Gasteiger partial charge in [-0.25, -0.2) is 9.97 Å². The van der Waals surface area contributed by atoms with Gasteiger partial charge in [0.1, 0.15) is 5.75 Å². The molecule has 0 unspecified atom stereocenters. The Labute approximate surface area is 96.8 Å². The fourth-order valence-corrected chi connectivity index (χ4v) is 1.31. The first-order valence-electron chi connectivity index (χ1n) is 4.37. The highest BCUT2D eigenvalue weighted by molar-refractivity contribution is 7.80. The summed E-state index contributed by atoms with van der Waals surface area (Å²) >= 11 is 4.02. The molecule has 0 saturated carbocycles. The SMILES string of the molecule is Oc1ccc(O)c(Oc2ncccn2)c1S. The number of benzene rings is 1. The van der Waals surface area contributed by atoms with Gasteiger partial charge in [-0.1, -0.05) is 0 Å². The van der Waals surface area contributed by atoms with Crippen molar-refractivity contribution >= 4 is 12.6 Å². The molecule has 2 aromatic rings. The molecule has 0 spiro atoms. The van der Waals surface area contributed by atoms with Gasteiger partial charge in [0.05, 0.1) is 4.90 Å². The van der Waals surface area contributed by atoms with Crippen LogP contribution >= 0.6 is 12.6 Å². The largest absolute Gasteiger partial charge is 0.507 e. The number of phenolic OH excluding ortho intramolecular Hbond substituents is 2. The van der Waals surface area contributed by atoms with Gasteiger partial charge < -0.3 is 14.9 Å². The molecule has 2 rings (SSSR count). The average Bonchev–Trinajstić information content (AvgIpc) is 2.31. The molecule has 0 amide bonds. The number of aromatic hydroxyl groups is 2. The molecule has 0 fully saturated rings. The van der Waals surface area contributed by atoms with Gasteiger partial charge in [-0.15, -0.1) is 12.6 Å². The Kier molecular flexibility index (Phi) is 2.82. The molecular formula is C10H8N2O3S. The number of thiol groups is 1. The first-order chi connectivity index (χ1) is 7.68. The first kappa shape index (κ1) is 10.6. The number of ether oxygens (including phenoxy) is 1. The van der Waals surface area contributed by atoms with Crippen molar-refractivity contribution in [1.82, 2.24) is 9.97 Å². The molecule has 2 N–H and O–H groups in total. The molecule has 5 nitrogen and oxygen atoms in total. The quantitative estimate of drug-likeness (QED) is 0.549. The molecule has 1 aromatic heterocycles. The van der Waals surface area contributed by atoms with Crippen LogP contribution in [-0.2, 0) is 0 Å². The van der Waals surface area contributed by atoms with E-state index >= 15 is 0 Å². The summed E-state index contributed by atoms with van der Waals surface area (Å²) in [7, 11) is 0. The molecule has 0 aliphatic heterocycles. The predicted molar refractivity (Wildman–Crippen MR) is 59.1 cm³/mol. The van der Waals surface area contributed by atoms with Crippen LogP contribution in [0.3, 0.4) is 0 Å². The van der Waals surface area contributed by atoms with Gasteiger partial charge in [0.25, 0.3) is 0 Å². The fraction of sp³-hybridized carbons (Fsp3) is 0. The maximum Gasteiger partial charge on any atom is 0.322 e. The Morgan fingerprint density at radius 1 is 1.06 bits per heavy atom. The van der Waals surface area contributed by atoms with Crippen molar-refractivity contribution in [2.24, 2.45) is 0 Å². The van der Waals surface area contributed by atoms with Crippen molar-refractivity contribution < 1.29 is 14.9 Å². The van der Waals surface area contributed by atoms with Crippen molar-refractivity contribution in [2.45, 2.75) is 4.90 Å². The van der Waals surface area contributed by atoms with Crippen molar-refractivity contribution in [2.75, 3.05) is 0 Å². The van der Waals surface area contributed by atoms with Crippen LogP contribution in [0.15, 0.2) is 35.5 Å². The summed E-state index contributed by atoms with van der Waals surface area (Å²) in [6, 6.07) is 4.32. The second-order valence-electron chi connectivity index (χ2n) is 2.91. The molecule has 0 aliphatic carbocycles. The Bertz CT molecular complexity index is 505. The van der Waals surface area contributed by atoms with Crippen LogP contribution in [0.1, 0.15) is 0 Å². The zero-order valence-corrected chi connectivity index (χ0v) is 8.93. The van der Waals surface area contributed by atoms with Crippen LogP contribution in [0, 0.1) is 0 Å². The van der Waals surface area contributed by atoms with E-state index in [9.17, 15) is 10.2 Å². The van der Waals surface area contributed by atoms with Gasteiger partial charge in [0.15, 0.2) is 11.5 Å². The molecule has 82 valence electrons. The van der Waals surface area contributed by atoms with E-state index in [1.807, 2.05) is 0 Å². The lowest BCUT2D eigenvalue weighted by atomic mass is 10.3. The minimum atomic E-state index is -0.143. The number of nitrogens with zero attached hydrogens (tertiary/aromatic N) is 2. The number of hydrogen-bond donors (Lipinski definition) is 3. The minimum absolute atomic E-state index is 0.0227. The van der Waals surface area contributed by atoms with E-state index < -0.39 is 0 Å². The summed E-state index contributed by atoms with van der Waals surface area (Å²) in [6.45, 7) is 0. The van der Waals surface area contributed by atoms with Crippen LogP contribution in [0.4, 0.5) is 0 Å². The normalized spacial score (nSPS) is 10.1. The average molecular weight is 236 g/mol. The lowest BCUT2D eigenvalue weighted by molar-refractivity contribution is 0.373. The predicted octanol–water partition coefficient (Wildman–Crippen LogP) is 1.97. The smallest absolute Gasteiger partial charge is 0.322 e. The summed E-state index contributed by atoms with van der Waals surface area (Å²) < 4.78 is 5.21. The van der Waals surface area contributed by atoms with Crippen LogP contribution in [0.25, 0.3) is 0 Å². The van der Waals surface area contributed by atoms with Crippen molar-refractivity contribution in [1.29, 1.82) is 0 Å². The summed E-state index contributed by atoms with van der Waals surface area (Å²) in [4.78, 5) is 7.78. The Balaban J connectivity index is 2.38. The van der Waals surface area contributed by atoms with E-state index in [-0.39, 0.29) is 28.2 Å². The topological polar surface area (TPSA) is 75.5 Å². The number of rotatable bonds is 2. The molecule has 1 aromatic carbocycles. The fourth-order valence-electron chi connectivity index (χ4n) is 1.08. The highest BCUT2D eigenvalue weighted by Crippen LogP contribution is 2.40. The van der Waals surface area contributed by atoms with E-state index in [4.69, 9.17) is 4.74 Å². The van der Waals surface area contributed by atoms with E-state index in [0.29, 0.717) is 0 Å². The maximum absolute atomic E-state index is 9.54. The third-order valence-corrected chi connectivity index (χ3v) is 2.26. The molecule has 0 saturated heterocycles. The van der Waals surface area contributed by atoms with Gasteiger partial charge in [0.2, 0.25) is 0 Å². The molecule has 16 heavy (non-hydrogen) atoms. The second kappa shape index (κ2) is 4.28.